The Morgan fingerprint density at radius 3 is 2.79 bits per heavy atom. The van der Waals surface area contributed by atoms with Crippen LogP contribution in [0.25, 0.3) is 0 Å². The van der Waals surface area contributed by atoms with Crippen LogP contribution in [0.1, 0.15) is 27.8 Å². The summed E-state index contributed by atoms with van der Waals surface area (Å²) in [7, 11) is 0. The number of pyridine rings is 1. The van der Waals surface area contributed by atoms with Gasteiger partial charge >= 0.3 is 0 Å². The van der Waals surface area contributed by atoms with Crippen LogP contribution in [0.3, 0.4) is 0 Å². The molecule has 1 aliphatic rings. The van der Waals surface area contributed by atoms with Gasteiger partial charge in [-0.1, -0.05) is 0 Å². The minimum absolute atomic E-state index is 0.211. The van der Waals surface area contributed by atoms with E-state index in [0.29, 0.717) is 0 Å². The zero-order valence-corrected chi connectivity index (χ0v) is 7.28. The van der Waals surface area contributed by atoms with Crippen LogP contribution in [0.5, 0.6) is 0 Å². The van der Waals surface area contributed by atoms with Gasteiger partial charge in [-0.15, -0.1) is 0 Å². The first kappa shape index (κ1) is 2.95. The van der Waals surface area contributed by atoms with Crippen molar-refractivity contribution in [2.75, 3.05) is 24.4 Å². The fraction of sp³-hybridized carbons (Fsp3) is 0.545. The molecule has 2 rings (SSSR count). The number of hydrogen-bond donors (Lipinski definition) is 1. The maximum Gasteiger partial charge on any atom is 0.0493 e. The highest BCUT2D eigenvalue weighted by atomic mass is 15.1. The zero-order valence-electron chi connectivity index (χ0n) is 18.3. The standard InChI is InChI=1S/C11H17N3/c12-9-10-3-7-14(8-4-10)11-1-5-13-6-2-11/h1-2,5-6,10H,3-4,7-9,12H2/i3D2,4D2,7D2,8D2,9D2,10D. The van der Waals surface area contributed by atoms with Crippen molar-refractivity contribution in [3.05, 3.63) is 24.5 Å². The van der Waals surface area contributed by atoms with Crippen LogP contribution in [-0.2, 0) is 0 Å². The average molecular weight is 202 g/mol. The highest BCUT2D eigenvalue weighted by Gasteiger charge is 2.17. The van der Waals surface area contributed by atoms with E-state index < -0.39 is 38.1 Å². The molecule has 3 heteroatoms. The normalized spacial score (nSPS) is 47.8. The predicted molar refractivity (Wildman–Crippen MR) is 58.2 cm³/mol. The van der Waals surface area contributed by atoms with Crippen LogP contribution in [0.15, 0.2) is 24.5 Å². The molecule has 1 aromatic heterocycles. The van der Waals surface area contributed by atoms with Crippen molar-refractivity contribution in [1.82, 2.24) is 4.98 Å². The van der Waals surface area contributed by atoms with Crippen molar-refractivity contribution in [2.24, 2.45) is 11.6 Å². The monoisotopic (exact) mass is 202 g/mol. The molecule has 76 valence electrons. The van der Waals surface area contributed by atoms with Crippen molar-refractivity contribution in [1.29, 1.82) is 0 Å². The first-order valence-corrected chi connectivity index (χ1v) is 3.97. The highest BCUT2D eigenvalue weighted by Crippen LogP contribution is 2.21. The van der Waals surface area contributed by atoms with E-state index >= 15 is 0 Å². The summed E-state index contributed by atoms with van der Waals surface area (Å²) in [5.41, 5.74) is 5.02. The lowest BCUT2D eigenvalue weighted by molar-refractivity contribution is 0.414. The molecule has 1 aromatic rings. The molecule has 14 heavy (non-hydrogen) atoms. The molecule has 0 saturated carbocycles. The van der Waals surface area contributed by atoms with Crippen LogP contribution >= 0.6 is 0 Å². The predicted octanol–water partition coefficient (Wildman–Crippen LogP) is 1.26. The van der Waals surface area contributed by atoms with Gasteiger partial charge in [-0.2, -0.15) is 0 Å². The molecule has 0 bridgehead atoms. The van der Waals surface area contributed by atoms with Gasteiger partial charge in [0.05, 0.1) is 0 Å². The lowest BCUT2D eigenvalue weighted by Gasteiger charge is -2.32. The number of rotatable bonds is 2. The fourth-order valence-corrected chi connectivity index (χ4v) is 0.977. The van der Waals surface area contributed by atoms with Gasteiger partial charge < -0.3 is 10.6 Å². The third-order valence-electron chi connectivity index (χ3n) is 1.65. The highest BCUT2D eigenvalue weighted by molar-refractivity contribution is 5.44. The van der Waals surface area contributed by atoms with E-state index in [1.165, 1.54) is 12.4 Å². The van der Waals surface area contributed by atoms with Crippen molar-refractivity contribution in [2.45, 2.75) is 12.7 Å². The molecule has 0 amide bonds. The third-order valence-corrected chi connectivity index (χ3v) is 1.65. The molecule has 1 saturated heterocycles. The van der Waals surface area contributed by atoms with Crippen molar-refractivity contribution in [3.8, 4) is 0 Å². The second-order valence-electron chi connectivity index (χ2n) is 2.53. The number of aromatic nitrogens is 1. The van der Waals surface area contributed by atoms with E-state index in [9.17, 15) is 0 Å². The molecule has 0 atom stereocenters. The van der Waals surface area contributed by atoms with Crippen LogP contribution in [-0.4, -0.2) is 24.5 Å². The Balaban J connectivity index is 2.88. The van der Waals surface area contributed by atoms with Gasteiger partial charge in [0.25, 0.3) is 0 Å². The topological polar surface area (TPSA) is 42.1 Å². The zero-order chi connectivity index (χ0) is 19.7. The summed E-state index contributed by atoms with van der Waals surface area (Å²) >= 11 is 0. The Labute approximate surface area is 100 Å². The van der Waals surface area contributed by atoms with Gasteiger partial charge in [0.2, 0.25) is 0 Å². The molecule has 1 aliphatic heterocycles. The second-order valence-corrected chi connectivity index (χ2v) is 2.53. The van der Waals surface area contributed by atoms with E-state index in [-0.39, 0.29) is 10.6 Å². The Bertz CT molecular complexity index is 627. The molecule has 3 nitrogen and oxygen atoms in total. The van der Waals surface area contributed by atoms with E-state index in [4.69, 9.17) is 20.8 Å². The molecule has 2 heterocycles. The van der Waals surface area contributed by atoms with E-state index in [2.05, 4.69) is 4.98 Å². The van der Waals surface area contributed by atoms with Gasteiger partial charge in [0.15, 0.2) is 0 Å². The summed E-state index contributed by atoms with van der Waals surface area (Å²) in [4.78, 5) is 3.94. The average Bonchev–Trinajstić information content (AvgIpc) is 2.44. The summed E-state index contributed by atoms with van der Waals surface area (Å²) in [6.07, 6.45) is -4.68. The molecule has 1 fully saturated rings. The lowest BCUT2D eigenvalue weighted by atomic mass is 9.97. The Morgan fingerprint density at radius 1 is 1.57 bits per heavy atom. The summed E-state index contributed by atoms with van der Waals surface area (Å²) in [5.74, 6) is -3.59. The van der Waals surface area contributed by atoms with Gasteiger partial charge in [-0.3, -0.25) is 4.98 Å². The molecular formula is C11H17N3. The molecule has 0 aliphatic carbocycles. The maximum absolute atomic E-state index is 8.17. The molecular weight excluding hydrogens is 174 g/mol. The van der Waals surface area contributed by atoms with Gasteiger partial charge in [-0.25, -0.2) is 0 Å². The van der Waals surface area contributed by atoms with Crippen molar-refractivity contribution in [3.63, 3.8) is 0 Å². The largest absolute Gasteiger partial charge is 0.371 e. The van der Waals surface area contributed by atoms with Crippen LogP contribution < -0.4 is 10.6 Å². The van der Waals surface area contributed by atoms with Crippen molar-refractivity contribution < 1.29 is 15.1 Å². The Morgan fingerprint density at radius 2 is 2.21 bits per heavy atom. The van der Waals surface area contributed by atoms with Gasteiger partial charge in [0.1, 0.15) is 0 Å². The number of anilines is 1. The summed E-state index contributed by atoms with van der Waals surface area (Å²) in [6.45, 7) is -10.00. The second kappa shape index (κ2) is 4.42. The van der Waals surface area contributed by atoms with Crippen LogP contribution in [0.4, 0.5) is 5.69 Å². The van der Waals surface area contributed by atoms with Crippen LogP contribution in [0.2, 0.25) is 0 Å². The quantitative estimate of drug-likeness (QED) is 0.785. The maximum atomic E-state index is 8.17. The fourth-order valence-electron chi connectivity index (χ4n) is 0.977. The van der Waals surface area contributed by atoms with Gasteiger partial charge in [-0.05, 0) is 37.3 Å². The Kier molecular flexibility index (Phi) is 0.932. The van der Waals surface area contributed by atoms with Gasteiger partial charge in [0, 0.05) is 46.2 Å². The third kappa shape index (κ3) is 2.04. The lowest BCUT2D eigenvalue weighted by Crippen LogP contribution is -2.35. The molecule has 2 N–H and O–H groups in total. The number of hydrogen-bond acceptors (Lipinski definition) is 3. The Hall–Kier alpha value is -1.09. The number of piperidine rings is 1. The molecule has 0 radical (unpaired) electrons. The minimum atomic E-state index is -3.59. The number of nitrogens with two attached hydrogens (primary N) is 1. The minimum Gasteiger partial charge on any atom is -0.371 e. The van der Waals surface area contributed by atoms with E-state index in [0.717, 1.165) is 12.1 Å². The first-order valence-electron chi connectivity index (χ1n) is 9.47. The van der Waals surface area contributed by atoms with E-state index in [1.807, 2.05) is 0 Å². The summed E-state index contributed by atoms with van der Waals surface area (Å²) in [5, 5.41) is 0. The molecule has 0 spiro atoms. The van der Waals surface area contributed by atoms with E-state index in [1.54, 1.807) is 0 Å². The van der Waals surface area contributed by atoms with Crippen molar-refractivity contribution >= 4 is 5.69 Å². The molecule has 0 aromatic carbocycles. The first-order chi connectivity index (χ1) is 11.0. The SMILES string of the molecule is [2H]C([2H])(N)C1([2H])C([2H])([2H])C([2H])([2H])N(c2ccncc2)C([2H])([2H])C1([2H])[2H]. The summed E-state index contributed by atoms with van der Waals surface area (Å²) < 4.78 is 88.2. The summed E-state index contributed by atoms with van der Waals surface area (Å²) in [6, 6.07) is 2.33. The van der Waals surface area contributed by atoms with Crippen LogP contribution in [0, 0.1) is 5.89 Å². The number of nitrogens with zero attached hydrogens (tertiary/aromatic N) is 2. The molecule has 0 unspecified atom stereocenters. The smallest absolute Gasteiger partial charge is 0.0493 e.